The third kappa shape index (κ3) is 5.22. The van der Waals surface area contributed by atoms with Gasteiger partial charge in [-0.15, -0.1) is 0 Å². The summed E-state index contributed by atoms with van der Waals surface area (Å²) in [6.45, 7) is 5.29. The van der Waals surface area contributed by atoms with Gasteiger partial charge in [0, 0.05) is 49.1 Å². The van der Waals surface area contributed by atoms with Crippen LogP contribution in [0.15, 0.2) is 47.5 Å². The second-order valence-electron chi connectivity index (χ2n) is 8.48. The van der Waals surface area contributed by atoms with Crippen molar-refractivity contribution >= 4 is 28.1 Å². The predicted octanol–water partition coefficient (Wildman–Crippen LogP) is 5.10. The Kier molecular flexibility index (Phi) is 6.88. The van der Waals surface area contributed by atoms with Gasteiger partial charge in [0.2, 0.25) is 0 Å². The lowest BCUT2D eigenvalue weighted by molar-refractivity contribution is -0.137. The molecule has 1 atom stereocenters. The van der Waals surface area contributed by atoms with Crippen LogP contribution in [0.1, 0.15) is 42.4 Å². The Balaban J connectivity index is 1.66. The molecule has 3 heterocycles. The molecule has 0 bridgehead atoms. The Morgan fingerprint density at radius 1 is 1.06 bits per heavy atom. The molecule has 1 N–H and O–H groups in total. The number of fused-ring (bicyclic) bond motifs is 1. The molecule has 0 saturated carbocycles. The maximum absolute atomic E-state index is 12.9. The maximum atomic E-state index is 12.9. The molecule has 0 radical (unpaired) electrons. The van der Waals surface area contributed by atoms with Crippen molar-refractivity contribution in [2.75, 3.05) is 29.6 Å². The van der Waals surface area contributed by atoms with Crippen LogP contribution in [-0.4, -0.2) is 38.5 Å². The topological polar surface area (TPSA) is 71.0 Å². The van der Waals surface area contributed by atoms with Gasteiger partial charge in [0.05, 0.1) is 27.0 Å². The lowest BCUT2D eigenvalue weighted by atomic mass is 10.1. The Bertz CT molecular complexity index is 1200. The van der Waals surface area contributed by atoms with Crippen molar-refractivity contribution in [2.24, 2.45) is 0 Å². The molecule has 1 aliphatic heterocycles. The molecule has 0 spiro atoms. The minimum atomic E-state index is -4.38. The second-order valence-corrected chi connectivity index (χ2v) is 9.82. The van der Waals surface area contributed by atoms with E-state index in [-0.39, 0.29) is 5.92 Å². The van der Waals surface area contributed by atoms with E-state index in [1.54, 1.807) is 18.5 Å². The molecule has 0 saturated heterocycles. The van der Waals surface area contributed by atoms with Crippen molar-refractivity contribution in [3.63, 3.8) is 0 Å². The van der Waals surface area contributed by atoms with Crippen LogP contribution in [0.3, 0.4) is 0 Å². The predicted molar refractivity (Wildman–Crippen MR) is 127 cm³/mol. The minimum Gasteiger partial charge on any atom is -0.355 e. The first-order valence-corrected chi connectivity index (χ1v) is 12.6. The maximum Gasteiger partial charge on any atom is 0.416 e. The first-order valence-electron chi connectivity index (χ1n) is 11.0. The van der Waals surface area contributed by atoms with Crippen molar-refractivity contribution in [3.8, 4) is 0 Å². The van der Waals surface area contributed by atoms with Crippen molar-refractivity contribution in [2.45, 2.75) is 43.7 Å². The van der Waals surface area contributed by atoms with Gasteiger partial charge in [-0.25, -0.2) is 15.0 Å². The molecule has 0 aliphatic carbocycles. The van der Waals surface area contributed by atoms with Gasteiger partial charge in [-0.3, -0.25) is 4.21 Å². The highest BCUT2D eigenvalue weighted by Crippen LogP contribution is 2.32. The lowest BCUT2D eigenvalue weighted by Crippen LogP contribution is -2.28. The fourth-order valence-corrected chi connectivity index (χ4v) is 4.62. The van der Waals surface area contributed by atoms with E-state index in [1.165, 1.54) is 12.1 Å². The first kappa shape index (κ1) is 24.1. The number of anilines is 3. The molecule has 2 aromatic heterocycles. The monoisotopic (exact) mass is 489 g/mol. The van der Waals surface area contributed by atoms with Crippen molar-refractivity contribution in [3.05, 3.63) is 65.2 Å². The number of nitrogens with one attached hydrogen (secondary N) is 1. The Labute approximate surface area is 199 Å². The lowest BCUT2D eigenvalue weighted by Gasteiger charge is -2.23. The van der Waals surface area contributed by atoms with Gasteiger partial charge in [-0.05, 0) is 42.8 Å². The fourth-order valence-electron chi connectivity index (χ4n) is 3.92. The number of nitrogens with zero attached hydrogens (tertiary/aromatic N) is 4. The van der Waals surface area contributed by atoms with Gasteiger partial charge in [0.1, 0.15) is 17.5 Å². The summed E-state index contributed by atoms with van der Waals surface area (Å²) in [5.74, 6) is 2.07. The Hall–Kier alpha value is -3.01. The molecule has 1 aliphatic rings. The van der Waals surface area contributed by atoms with Crippen LogP contribution in [0.25, 0.3) is 0 Å². The van der Waals surface area contributed by atoms with E-state index in [4.69, 9.17) is 9.97 Å². The summed E-state index contributed by atoms with van der Waals surface area (Å²) >= 11 is 0. The number of hydrogen-bond donors (Lipinski definition) is 1. The van der Waals surface area contributed by atoms with Gasteiger partial charge in [-0.1, -0.05) is 13.8 Å². The quantitative estimate of drug-likeness (QED) is 0.538. The van der Waals surface area contributed by atoms with Gasteiger partial charge in [0.15, 0.2) is 0 Å². The summed E-state index contributed by atoms with van der Waals surface area (Å²) in [5, 5.41) is 3.22. The summed E-state index contributed by atoms with van der Waals surface area (Å²) in [4.78, 5) is 16.8. The second kappa shape index (κ2) is 9.69. The highest BCUT2D eigenvalue weighted by Gasteiger charge is 2.30. The van der Waals surface area contributed by atoms with Gasteiger partial charge < -0.3 is 10.2 Å². The normalized spacial score (nSPS) is 15.1. The summed E-state index contributed by atoms with van der Waals surface area (Å²) in [5.41, 5.74) is 1.67. The molecule has 1 unspecified atom stereocenters. The Morgan fingerprint density at radius 3 is 2.41 bits per heavy atom. The van der Waals surface area contributed by atoms with E-state index in [1.807, 2.05) is 19.9 Å². The third-order valence-electron chi connectivity index (χ3n) is 5.71. The van der Waals surface area contributed by atoms with Crippen LogP contribution in [0.5, 0.6) is 0 Å². The summed E-state index contributed by atoms with van der Waals surface area (Å²) in [6.07, 6.45) is 0.206. The van der Waals surface area contributed by atoms with Gasteiger partial charge >= 0.3 is 6.18 Å². The zero-order valence-electron chi connectivity index (χ0n) is 19.2. The number of alkyl halides is 3. The van der Waals surface area contributed by atoms with E-state index >= 15 is 0 Å². The molecule has 34 heavy (non-hydrogen) atoms. The molecule has 4 rings (SSSR count). The van der Waals surface area contributed by atoms with Crippen LogP contribution in [0, 0.1) is 0 Å². The first-order chi connectivity index (χ1) is 16.1. The van der Waals surface area contributed by atoms with E-state index < -0.39 is 22.5 Å². The van der Waals surface area contributed by atoms with Crippen LogP contribution in [-0.2, 0) is 29.8 Å². The zero-order valence-corrected chi connectivity index (χ0v) is 20.0. The average Bonchev–Trinajstić information content (AvgIpc) is 3.01. The van der Waals surface area contributed by atoms with Crippen LogP contribution < -0.4 is 10.2 Å². The molecule has 10 heteroatoms. The largest absolute Gasteiger partial charge is 0.416 e. The molecular formula is C24H26F3N5OS. The highest BCUT2D eigenvalue weighted by molar-refractivity contribution is 7.84. The van der Waals surface area contributed by atoms with Gasteiger partial charge in [0.25, 0.3) is 0 Å². The highest BCUT2D eigenvalue weighted by atomic mass is 32.2. The minimum absolute atomic E-state index is 0.0858. The third-order valence-corrected chi connectivity index (χ3v) is 6.65. The van der Waals surface area contributed by atoms with Gasteiger partial charge in [-0.2, -0.15) is 13.2 Å². The summed E-state index contributed by atoms with van der Waals surface area (Å²) < 4.78 is 51.0. The number of halogens is 3. The molecule has 1 aromatic carbocycles. The number of rotatable bonds is 5. The standard InChI is InChI=1S/C24H26F3N5OS/c1-15(2)21-30-19-11-14-32(23-20(34(3)33)5-4-12-28-23)13-10-18(19)22(31-21)29-17-8-6-16(7-9-17)24(25,26)27/h4-9,12,15H,10-11,13-14H2,1-3H3,(H,29,30,31). The van der Waals surface area contributed by atoms with Crippen LogP contribution in [0.2, 0.25) is 0 Å². The number of hydrogen-bond acceptors (Lipinski definition) is 6. The van der Waals surface area contributed by atoms with Crippen molar-refractivity contribution in [1.29, 1.82) is 0 Å². The molecule has 3 aromatic rings. The summed E-state index contributed by atoms with van der Waals surface area (Å²) in [7, 11) is -1.17. The van der Waals surface area contributed by atoms with Crippen LogP contribution in [0.4, 0.5) is 30.5 Å². The average molecular weight is 490 g/mol. The van der Waals surface area contributed by atoms with Crippen LogP contribution >= 0.6 is 0 Å². The van der Waals surface area contributed by atoms with Crippen molar-refractivity contribution in [1.82, 2.24) is 15.0 Å². The molecule has 0 amide bonds. The molecule has 180 valence electrons. The van der Waals surface area contributed by atoms with E-state index in [0.717, 1.165) is 23.4 Å². The van der Waals surface area contributed by atoms with E-state index in [9.17, 15) is 17.4 Å². The Morgan fingerprint density at radius 2 is 1.76 bits per heavy atom. The SMILES string of the molecule is CC(C)c1nc2c(c(Nc3ccc(C(F)(F)F)cc3)n1)CCN(c1ncccc1S(C)=O)CC2. The smallest absolute Gasteiger partial charge is 0.355 e. The molecule has 0 fully saturated rings. The number of benzene rings is 1. The van der Waals surface area contributed by atoms with Crippen molar-refractivity contribution < 1.29 is 17.4 Å². The zero-order chi connectivity index (χ0) is 24.5. The van der Waals surface area contributed by atoms with E-state index in [2.05, 4.69) is 15.2 Å². The number of aromatic nitrogens is 3. The van der Waals surface area contributed by atoms with E-state index in [0.29, 0.717) is 54.0 Å². The molecule has 6 nitrogen and oxygen atoms in total. The molecular weight excluding hydrogens is 463 g/mol. The number of pyridine rings is 1. The summed E-state index contributed by atoms with van der Waals surface area (Å²) in [6, 6.07) is 8.53. The fraction of sp³-hybridized carbons (Fsp3) is 0.375.